The van der Waals surface area contributed by atoms with E-state index in [1.165, 1.54) is 12.4 Å². The van der Waals surface area contributed by atoms with Gasteiger partial charge in [0.05, 0.1) is 14.2 Å². The Morgan fingerprint density at radius 3 is 2.71 bits per heavy atom. The van der Waals surface area contributed by atoms with Crippen molar-refractivity contribution >= 4 is 11.7 Å². The van der Waals surface area contributed by atoms with E-state index in [0.29, 0.717) is 11.5 Å². The molecular weight excluding hydrogens is 272 g/mol. The number of nitrogens with zero attached hydrogens (tertiary/aromatic N) is 1. The van der Waals surface area contributed by atoms with Crippen LogP contribution in [0.3, 0.4) is 0 Å². The van der Waals surface area contributed by atoms with Gasteiger partial charge in [0.1, 0.15) is 17.3 Å². The van der Waals surface area contributed by atoms with Crippen LogP contribution in [0.15, 0.2) is 35.6 Å². The van der Waals surface area contributed by atoms with E-state index in [-0.39, 0.29) is 12.3 Å². The van der Waals surface area contributed by atoms with Crippen LogP contribution in [-0.4, -0.2) is 31.5 Å². The number of aliphatic imine (C=N–C) groups is 1. The summed E-state index contributed by atoms with van der Waals surface area (Å²) in [6, 6.07) is 5.31. The van der Waals surface area contributed by atoms with E-state index in [2.05, 4.69) is 10.3 Å². The van der Waals surface area contributed by atoms with Gasteiger partial charge in [0.2, 0.25) is 0 Å². The molecule has 0 bridgehead atoms. The average Bonchev–Trinajstić information content (AvgIpc) is 2.49. The summed E-state index contributed by atoms with van der Waals surface area (Å²) in [7, 11) is 3.11. The number of nitrogens with one attached hydrogen (secondary N) is 1. The fourth-order valence-corrected chi connectivity index (χ4v) is 2.19. The van der Waals surface area contributed by atoms with Crippen molar-refractivity contribution < 1.29 is 14.3 Å². The standard InChI is InChI=1S/C14H18N4O3/c1-20-10-4-3-9(11(7-10)21-2)8-14(13(16)19)12(15)17-5-6-18-14/h3-7,18H,8H2,1-2H3,(H2,15,17)(H2,16,19). The molecule has 1 amide bonds. The van der Waals surface area contributed by atoms with Gasteiger partial charge >= 0.3 is 0 Å². The Morgan fingerprint density at radius 1 is 1.38 bits per heavy atom. The summed E-state index contributed by atoms with van der Waals surface area (Å²) in [5.41, 5.74) is 10.9. The molecule has 1 aromatic carbocycles. The lowest BCUT2D eigenvalue weighted by molar-refractivity contribution is -0.121. The van der Waals surface area contributed by atoms with Gasteiger partial charge in [0.15, 0.2) is 5.54 Å². The first-order valence-electron chi connectivity index (χ1n) is 6.31. The largest absolute Gasteiger partial charge is 0.497 e. The lowest BCUT2D eigenvalue weighted by Gasteiger charge is -2.32. The number of ether oxygens (including phenoxy) is 2. The molecular formula is C14H18N4O3. The summed E-state index contributed by atoms with van der Waals surface area (Å²) in [5.74, 6) is 0.752. The van der Waals surface area contributed by atoms with Gasteiger partial charge in [-0.3, -0.25) is 4.79 Å². The highest BCUT2D eigenvalue weighted by Gasteiger charge is 2.42. The number of amides is 1. The van der Waals surface area contributed by atoms with E-state index in [9.17, 15) is 4.79 Å². The van der Waals surface area contributed by atoms with Crippen molar-refractivity contribution in [3.8, 4) is 11.5 Å². The predicted molar refractivity (Wildman–Crippen MR) is 79.1 cm³/mol. The number of hydrogen-bond donors (Lipinski definition) is 3. The summed E-state index contributed by atoms with van der Waals surface area (Å²) in [6.45, 7) is 0. The lowest BCUT2D eigenvalue weighted by Crippen LogP contribution is -2.64. The molecule has 0 aromatic heterocycles. The van der Waals surface area contributed by atoms with Gasteiger partial charge in [-0.1, -0.05) is 6.07 Å². The van der Waals surface area contributed by atoms with Crippen LogP contribution < -0.4 is 26.3 Å². The Hall–Kier alpha value is -2.70. The van der Waals surface area contributed by atoms with E-state index in [1.54, 1.807) is 32.4 Å². The molecule has 0 saturated carbocycles. The highest BCUT2D eigenvalue weighted by atomic mass is 16.5. The van der Waals surface area contributed by atoms with Crippen LogP contribution in [0, 0.1) is 0 Å². The minimum absolute atomic E-state index is 0.121. The quantitative estimate of drug-likeness (QED) is 0.701. The Balaban J connectivity index is 2.41. The molecule has 1 unspecified atom stereocenters. The zero-order chi connectivity index (χ0) is 15.5. The molecule has 7 nitrogen and oxygen atoms in total. The summed E-state index contributed by atoms with van der Waals surface area (Å²) in [4.78, 5) is 15.9. The maximum atomic E-state index is 11.9. The fraction of sp³-hybridized carbons (Fsp3) is 0.286. The zero-order valence-corrected chi connectivity index (χ0v) is 11.9. The van der Waals surface area contributed by atoms with Crippen molar-refractivity contribution in [1.29, 1.82) is 0 Å². The minimum atomic E-state index is -1.27. The highest BCUT2D eigenvalue weighted by Crippen LogP contribution is 2.28. The maximum absolute atomic E-state index is 11.9. The number of hydrogen-bond acceptors (Lipinski definition) is 6. The number of carbonyl (C=O) groups is 1. The smallest absolute Gasteiger partial charge is 0.251 e. The van der Waals surface area contributed by atoms with Crippen LogP contribution >= 0.6 is 0 Å². The van der Waals surface area contributed by atoms with E-state index >= 15 is 0 Å². The first-order valence-corrected chi connectivity index (χ1v) is 6.31. The van der Waals surface area contributed by atoms with Crippen molar-refractivity contribution in [2.75, 3.05) is 14.2 Å². The SMILES string of the molecule is COc1ccc(CC2(C(N)=O)NC=CN=C2N)c(OC)c1. The van der Waals surface area contributed by atoms with Crippen molar-refractivity contribution in [2.45, 2.75) is 12.0 Å². The monoisotopic (exact) mass is 290 g/mol. The molecule has 21 heavy (non-hydrogen) atoms. The summed E-state index contributed by atoms with van der Waals surface area (Å²) in [5, 5.41) is 2.91. The van der Waals surface area contributed by atoms with Crippen LogP contribution in [0.5, 0.6) is 11.5 Å². The average molecular weight is 290 g/mol. The summed E-state index contributed by atoms with van der Waals surface area (Å²) >= 11 is 0. The number of nitrogens with two attached hydrogens (primary N) is 2. The Morgan fingerprint density at radius 2 is 2.14 bits per heavy atom. The molecule has 0 aliphatic carbocycles. The molecule has 1 aromatic rings. The first kappa shape index (κ1) is 14.7. The summed E-state index contributed by atoms with van der Waals surface area (Å²) < 4.78 is 10.5. The number of benzene rings is 1. The van der Waals surface area contributed by atoms with E-state index in [0.717, 1.165) is 5.56 Å². The zero-order valence-electron chi connectivity index (χ0n) is 11.9. The predicted octanol–water partition coefficient (Wildman–Crippen LogP) is -0.0980. The minimum Gasteiger partial charge on any atom is -0.497 e. The van der Waals surface area contributed by atoms with Gasteiger partial charge in [0, 0.05) is 24.9 Å². The molecule has 7 heteroatoms. The van der Waals surface area contributed by atoms with Crippen molar-refractivity contribution in [3.63, 3.8) is 0 Å². The maximum Gasteiger partial charge on any atom is 0.251 e. The van der Waals surface area contributed by atoms with Crippen LogP contribution in [0.1, 0.15) is 5.56 Å². The van der Waals surface area contributed by atoms with Crippen molar-refractivity contribution in [2.24, 2.45) is 16.5 Å². The van der Waals surface area contributed by atoms with Crippen LogP contribution in [-0.2, 0) is 11.2 Å². The van der Waals surface area contributed by atoms with Crippen LogP contribution in [0.2, 0.25) is 0 Å². The Labute approximate surface area is 122 Å². The number of primary amides is 1. The molecule has 1 aliphatic heterocycles. The number of methoxy groups -OCH3 is 2. The van der Waals surface area contributed by atoms with E-state index in [4.69, 9.17) is 20.9 Å². The molecule has 112 valence electrons. The molecule has 0 spiro atoms. The second-order valence-corrected chi connectivity index (χ2v) is 4.60. The molecule has 0 fully saturated rings. The second-order valence-electron chi connectivity index (χ2n) is 4.60. The number of carbonyl (C=O) groups excluding carboxylic acids is 1. The lowest BCUT2D eigenvalue weighted by atomic mass is 9.87. The molecule has 1 aliphatic rings. The normalized spacial score (nSPS) is 20.4. The van der Waals surface area contributed by atoms with Crippen molar-refractivity contribution in [3.05, 3.63) is 36.2 Å². The number of amidine groups is 1. The summed E-state index contributed by atoms with van der Waals surface area (Å²) in [6.07, 6.45) is 3.23. The first-order chi connectivity index (χ1) is 10.0. The third kappa shape index (κ3) is 2.62. The second kappa shape index (κ2) is 5.74. The molecule has 5 N–H and O–H groups in total. The van der Waals surface area contributed by atoms with E-state index in [1.807, 2.05) is 0 Å². The van der Waals surface area contributed by atoms with Gasteiger partial charge in [0.25, 0.3) is 5.91 Å². The third-order valence-electron chi connectivity index (χ3n) is 3.43. The topological polar surface area (TPSA) is 112 Å². The van der Waals surface area contributed by atoms with E-state index < -0.39 is 11.4 Å². The van der Waals surface area contributed by atoms with Gasteiger partial charge < -0.3 is 26.3 Å². The van der Waals surface area contributed by atoms with Crippen molar-refractivity contribution in [1.82, 2.24) is 5.32 Å². The molecule has 1 heterocycles. The Bertz CT molecular complexity index is 612. The van der Waals surface area contributed by atoms with Gasteiger partial charge in [-0.25, -0.2) is 4.99 Å². The highest BCUT2D eigenvalue weighted by molar-refractivity contribution is 6.12. The number of rotatable bonds is 5. The molecule has 1 atom stereocenters. The Kier molecular flexibility index (Phi) is 4.02. The molecule has 0 radical (unpaired) electrons. The van der Waals surface area contributed by atoms with Gasteiger partial charge in [-0.05, 0) is 11.6 Å². The fourth-order valence-electron chi connectivity index (χ4n) is 2.19. The molecule has 0 saturated heterocycles. The van der Waals surface area contributed by atoms with Crippen LogP contribution in [0.25, 0.3) is 0 Å². The van der Waals surface area contributed by atoms with Gasteiger partial charge in [-0.15, -0.1) is 0 Å². The van der Waals surface area contributed by atoms with Crippen LogP contribution in [0.4, 0.5) is 0 Å². The molecule has 2 rings (SSSR count). The van der Waals surface area contributed by atoms with Gasteiger partial charge in [-0.2, -0.15) is 0 Å². The third-order valence-corrected chi connectivity index (χ3v) is 3.43.